The third-order valence-corrected chi connectivity index (χ3v) is 8.20. The number of hydrogen-bond donors (Lipinski definition) is 0. The summed E-state index contributed by atoms with van der Waals surface area (Å²) in [5, 5.41) is 0. The van der Waals surface area contributed by atoms with Crippen LogP contribution in [0.4, 0.5) is 0 Å². The number of aryl methyl sites for hydroxylation is 1. The molecule has 2 fully saturated rings. The molecule has 3 rings (SSSR count). The van der Waals surface area contributed by atoms with E-state index in [1.807, 2.05) is 20.8 Å². The monoisotopic (exact) mass is 392 g/mol. The Hall–Kier alpha value is -1.43. The molecule has 2 aliphatic rings. The first kappa shape index (κ1) is 20.3. The van der Waals surface area contributed by atoms with Gasteiger partial charge in [0.1, 0.15) is 4.67 Å². The highest BCUT2D eigenvalue weighted by atomic mass is 32.1. The van der Waals surface area contributed by atoms with Gasteiger partial charge in [-0.2, -0.15) is 4.99 Å². The lowest BCUT2D eigenvalue weighted by molar-refractivity contribution is -0.166. The Morgan fingerprint density at radius 2 is 1.96 bits per heavy atom. The van der Waals surface area contributed by atoms with Crippen LogP contribution in [0.15, 0.2) is 11.2 Å². The van der Waals surface area contributed by atoms with Gasteiger partial charge >= 0.3 is 5.97 Å². The van der Waals surface area contributed by atoms with Gasteiger partial charge < -0.3 is 4.74 Å². The van der Waals surface area contributed by atoms with Gasteiger partial charge in [-0.1, -0.05) is 27.2 Å². The number of carbonyl (C=O) groups excluding carboxylic acids is 2. The predicted molar refractivity (Wildman–Crippen MR) is 106 cm³/mol. The number of amides is 1. The van der Waals surface area contributed by atoms with Crippen LogP contribution in [0.25, 0.3) is 0 Å². The number of rotatable bonds is 4. The van der Waals surface area contributed by atoms with Gasteiger partial charge in [-0.3, -0.25) is 13.5 Å². The normalized spacial score (nSPS) is 30.0. The average molecular weight is 393 g/mol. The highest BCUT2D eigenvalue weighted by Crippen LogP contribution is 2.65. The van der Waals surface area contributed by atoms with E-state index in [0.717, 1.165) is 29.5 Å². The summed E-state index contributed by atoms with van der Waals surface area (Å²) in [6.07, 6.45) is 6.40. The number of esters is 1. The molecule has 0 N–H and O–H groups in total. The SMILES string of the molecule is CCCCc1cn(C(C)(C)C)sc1=NC(=O)[C@]12CC[C@](C)(C(=O)O1)C2(C)C. The number of fused-ring (bicyclic) bond motifs is 2. The van der Waals surface area contributed by atoms with Crippen molar-refractivity contribution in [2.75, 3.05) is 0 Å². The number of aromatic nitrogens is 1. The number of ether oxygens (including phenoxy) is 1. The van der Waals surface area contributed by atoms with E-state index in [9.17, 15) is 9.59 Å². The number of nitrogens with zero attached hydrogens (tertiary/aromatic N) is 2. The zero-order chi connectivity index (χ0) is 20.3. The molecule has 1 aromatic rings. The molecule has 150 valence electrons. The van der Waals surface area contributed by atoms with Gasteiger partial charge in [0.2, 0.25) is 0 Å². The van der Waals surface area contributed by atoms with Crippen molar-refractivity contribution >= 4 is 23.4 Å². The predicted octanol–water partition coefficient (Wildman–Crippen LogP) is 4.20. The molecule has 1 aromatic heterocycles. The standard InChI is InChI=1S/C21H32N2O3S/c1-8-9-10-14-13-23(18(2,3)4)27-15(14)22-16(24)21-12-11-20(7,17(25)26-21)19(21,5)6/h13H,8-12H2,1-7H3/t20-,21+/m1/s1. The van der Waals surface area contributed by atoms with Crippen molar-refractivity contribution in [3.8, 4) is 0 Å². The summed E-state index contributed by atoms with van der Waals surface area (Å²) in [5.41, 5.74) is -1.25. The van der Waals surface area contributed by atoms with Gasteiger partial charge in [0.15, 0.2) is 5.60 Å². The lowest BCUT2D eigenvalue weighted by atomic mass is 9.66. The topological polar surface area (TPSA) is 60.7 Å². The van der Waals surface area contributed by atoms with Crippen molar-refractivity contribution in [2.24, 2.45) is 15.8 Å². The van der Waals surface area contributed by atoms with E-state index in [-0.39, 0.29) is 17.4 Å². The van der Waals surface area contributed by atoms with Crippen LogP contribution in [0.3, 0.4) is 0 Å². The largest absolute Gasteiger partial charge is 0.448 e. The minimum atomic E-state index is -1.13. The van der Waals surface area contributed by atoms with Crippen molar-refractivity contribution < 1.29 is 14.3 Å². The third-order valence-electron chi connectivity index (χ3n) is 6.83. The number of unbranched alkanes of at least 4 members (excludes halogenated alkanes) is 1. The molecule has 0 radical (unpaired) electrons. The Morgan fingerprint density at radius 1 is 1.30 bits per heavy atom. The lowest BCUT2D eigenvalue weighted by Crippen LogP contribution is -2.47. The summed E-state index contributed by atoms with van der Waals surface area (Å²) in [5.74, 6) is -0.563. The molecule has 1 saturated carbocycles. The molecule has 0 unspecified atom stereocenters. The maximum absolute atomic E-state index is 13.3. The fourth-order valence-corrected chi connectivity index (χ4v) is 5.28. The molecule has 2 atom stereocenters. The van der Waals surface area contributed by atoms with Crippen LogP contribution in [0, 0.1) is 10.8 Å². The summed E-state index contributed by atoms with van der Waals surface area (Å²) in [4.78, 5) is 30.3. The van der Waals surface area contributed by atoms with Crippen molar-refractivity contribution in [3.05, 3.63) is 16.4 Å². The van der Waals surface area contributed by atoms with E-state index in [0.29, 0.717) is 12.8 Å². The second kappa shape index (κ2) is 6.29. The first-order chi connectivity index (χ1) is 12.4. The average Bonchev–Trinajstić information content (AvgIpc) is 3.10. The van der Waals surface area contributed by atoms with Crippen molar-refractivity contribution in [1.82, 2.24) is 3.96 Å². The molecule has 0 aromatic carbocycles. The van der Waals surface area contributed by atoms with Crippen LogP contribution in [-0.2, 0) is 26.3 Å². The molecule has 2 bridgehead atoms. The highest BCUT2D eigenvalue weighted by Gasteiger charge is 2.75. The van der Waals surface area contributed by atoms with Crippen LogP contribution in [0.1, 0.15) is 79.7 Å². The minimum Gasteiger partial charge on any atom is -0.448 e. The smallest absolute Gasteiger partial charge is 0.313 e. The third kappa shape index (κ3) is 2.82. The van der Waals surface area contributed by atoms with Gasteiger partial charge in [0.05, 0.1) is 5.41 Å². The summed E-state index contributed by atoms with van der Waals surface area (Å²) in [6.45, 7) is 14.4. The molecule has 1 aliphatic heterocycles. The summed E-state index contributed by atoms with van der Waals surface area (Å²) in [7, 11) is 0. The van der Waals surface area contributed by atoms with E-state index in [4.69, 9.17) is 4.74 Å². The molecule has 0 spiro atoms. The second-order valence-electron chi connectivity index (χ2n) is 9.74. The van der Waals surface area contributed by atoms with Crippen molar-refractivity contribution in [3.63, 3.8) is 0 Å². The molecular weight excluding hydrogens is 360 g/mol. The lowest BCUT2D eigenvalue weighted by Gasteiger charge is -2.33. The molecule has 27 heavy (non-hydrogen) atoms. The van der Waals surface area contributed by atoms with Gasteiger partial charge in [0.25, 0.3) is 5.91 Å². The quantitative estimate of drug-likeness (QED) is 0.722. The molecule has 1 aliphatic carbocycles. The van der Waals surface area contributed by atoms with E-state index in [1.165, 1.54) is 11.5 Å². The Morgan fingerprint density at radius 3 is 2.44 bits per heavy atom. The maximum atomic E-state index is 13.3. The molecular formula is C21H32N2O3S. The summed E-state index contributed by atoms with van der Waals surface area (Å²) >= 11 is 1.52. The molecule has 1 saturated heterocycles. The Bertz CT molecular complexity index is 842. The Labute approximate surface area is 166 Å². The van der Waals surface area contributed by atoms with E-state index in [1.54, 1.807) is 0 Å². The van der Waals surface area contributed by atoms with Crippen LogP contribution >= 0.6 is 11.5 Å². The molecule has 2 heterocycles. The van der Waals surface area contributed by atoms with Crippen LogP contribution < -0.4 is 4.67 Å². The van der Waals surface area contributed by atoms with Crippen LogP contribution in [0.5, 0.6) is 0 Å². The molecule has 5 nitrogen and oxygen atoms in total. The zero-order valence-electron chi connectivity index (χ0n) is 17.6. The van der Waals surface area contributed by atoms with Gasteiger partial charge in [-0.15, -0.1) is 0 Å². The second-order valence-corrected chi connectivity index (χ2v) is 10.7. The maximum Gasteiger partial charge on any atom is 0.313 e. The highest BCUT2D eigenvalue weighted by molar-refractivity contribution is 7.04. The fraction of sp³-hybridized carbons (Fsp3) is 0.762. The van der Waals surface area contributed by atoms with E-state index in [2.05, 4.69) is 42.8 Å². The first-order valence-electron chi connectivity index (χ1n) is 9.94. The summed E-state index contributed by atoms with van der Waals surface area (Å²) in [6, 6.07) is 0. The summed E-state index contributed by atoms with van der Waals surface area (Å²) < 4.78 is 8.62. The number of hydrogen-bond acceptors (Lipinski definition) is 4. The zero-order valence-corrected chi connectivity index (χ0v) is 18.5. The van der Waals surface area contributed by atoms with E-state index < -0.39 is 16.4 Å². The Kier molecular flexibility index (Phi) is 4.73. The molecule has 6 heteroatoms. The first-order valence-corrected chi connectivity index (χ1v) is 10.7. The van der Waals surface area contributed by atoms with Crippen molar-refractivity contribution in [1.29, 1.82) is 0 Å². The molecule has 1 amide bonds. The van der Waals surface area contributed by atoms with Gasteiger partial charge in [-0.05, 0) is 64.9 Å². The Balaban J connectivity index is 2.05. The van der Waals surface area contributed by atoms with E-state index >= 15 is 0 Å². The van der Waals surface area contributed by atoms with Crippen LogP contribution in [-0.4, -0.2) is 21.4 Å². The minimum absolute atomic E-state index is 0.0637. The van der Waals surface area contributed by atoms with Crippen LogP contribution in [0.2, 0.25) is 0 Å². The fourth-order valence-electron chi connectivity index (χ4n) is 4.24. The van der Waals surface area contributed by atoms with Crippen molar-refractivity contribution in [2.45, 2.75) is 91.7 Å². The number of carbonyl (C=O) groups is 2. The van der Waals surface area contributed by atoms with Gasteiger partial charge in [-0.25, -0.2) is 0 Å². The van der Waals surface area contributed by atoms with Gasteiger partial charge in [0, 0.05) is 22.7 Å².